The van der Waals surface area contributed by atoms with Crippen LogP contribution in [-0.2, 0) is 11.3 Å². The van der Waals surface area contributed by atoms with E-state index in [0.717, 1.165) is 37.8 Å². The van der Waals surface area contributed by atoms with Crippen LogP contribution in [0, 0.1) is 5.92 Å². The van der Waals surface area contributed by atoms with E-state index in [-0.39, 0.29) is 11.9 Å². The summed E-state index contributed by atoms with van der Waals surface area (Å²) in [6.45, 7) is 1.63. The van der Waals surface area contributed by atoms with Gasteiger partial charge in [0.15, 0.2) is 5.82 Å². The number of nitrogens with one attached hydrogen (secondary N) is 2. The molecule has 2 aliphatic rings. The van der Waals surface area contributed by atoms with Gasteiger partial charge < -0.3 is 20.1 Å². The second-order valence-electron chi connectivity index (χ2n) is 8.13. The molecular weight excluding hydrogens is 388 g/mol. The fraction of sp³-hybridized carbons (Fsp3) is 0.600. The first kappa shape index (κ1) is 20.4. The van der Waals surface area contributed by atoms with E-state index in [1.54, 1.807) is 29.0 Å². The van der Waals surface area contributed by atoms with E-state index in [4.69, 9.17) is 4.74 Å². The minimum atomic E-state index is -0.807. The summed E-state index contributed by atoms with van der Waals surface area (Å²) in [4.78, 5) is 25.3. The van der Waals surface area contributed by atoms with Gasteiger partial charge in [0.2, 0.25) is 0 Å². The average Bonchev–Trinajstić information content (AvgIpc) is 3.43. The molecule has 0 radical (unpaired) electrons. The fourth-order valence-corrected chi connectivity index (χ4v) is 4.57. The van der Waals surface area contributed by atoms with E-state index in [0.29, 0.717) is 43.0 Å². The van der Waals surface area contributed by atoms with Gasteiger partial charge in [-0.15, -0.1) is 0 Å². The van der Waals surface area contributed by atoms with E-state index in [2.05, 4.69) is 20.6 Å². The second kappa shape index (κ2) is 8.86. The molecule has 0 bridgehead atoms. The van der Waals surface area contributed by atoms with Gasteiger partial charge in [-0.05, 0) is 44.1 Å². The number of rotatable bonds is 8. The summed E-state index contributed by atoms with van der Waals surface area (Å²) in [7, 11) is 1.61. The van der Waals surface area contributed by atoms with Crippen LogP contribution < -0.4 is 5.32 Å². The molecule has 2 aromatic rings. The number of carbonyl (C=O) groups is 2. The van der Waals surface area contributed by atoms with Crippen LogP contribution in [0.1, 0.15) is 54.2 Å². The van der Waals surface area contributed by atoms with Crippen LogP contribution in [0.4, 0.5) is 10.6 Å². The zero-order valence-electron chi connectivity index (χ0n) is 17.1. The molecule has 3 N–H and O–H groups in total. The Morgan fingerprint density at radius 1 is 1.37 bits per heavy atom. The average molecular weight is 416 g/mol. The highest BCUT2D eigenvalue weighted by Gasteiger charge is 2.36. The summed E-state index contributed by atoms with van der Waals surface area (Å²) in [6, 6.07) is 3.74. The zero-order chi connectivity index (χ0) is 21.1. The number of H-pyrrole nitrogens is 1. The maximum atomic E-state index is 12.6. The monoisotopic (exact) mass is 416 g/mol. The first-order valence-corrected chi connectivity index (χ1v) is 10.4. The first-order valence-electron chi connectivity index (χ1n) is 10.4. The smallest absolute Gasteiger partial charge is 0.407 e. The summed E-state index contributed by atoms with van der Waals surface area (Å²) >= 11 is 0. The highest BCUT2D eigenvalue weighted by atomic mass is 16.5. The molecule has 2 amide bonds. The Labute approximate surface area is 174 Å². The molecule has 0 aromatic carbocycles. The molecule has 0 spiro atoms. The number of aromatic amines is 1. The van der Waals surface area contributed by atoms with Crippen molar-refractivity contribution in [3.63, 3.8) is 0 Å². The molecule has 3 atom stereocenters. The lowest BCUT2D eigenvalue weighted by molar-refractivity contribution is 0.0636. The maximum Gasteiger partial charge on any atom is 0.407 e. The molecule has 2 fully saturated rings. The molecule has 4 rings (SSSR count). The maximum absolute atomic E-state index is 12.6. The summed E-state index contributed by atoms with van der Waals surface area (Å²) in [5, 5.41) is 23.5. The number of hydrogen-bond donors (Lipinski definition) is 3. The van der Waals surface area contributed by atoms with Crippen LogP contribution in [-0.4, -0.2) is 68.3 Å². The van der Waals surface area contributed by atoms with Crippen molar-refractivity contribution in [2.24, 2.45) is 5.92 Å². The lowest BCUT2D eigenvalue weighted by Crippen LogP contribution is -2.51. The quantitative estimate of drug-likeness (QED) is 0.607. The number of methoxy groups -OCH3 is 1. The topological polar surface area (TPSA) is 125 Å². The van der Waals surface area contributed by atoms with Crippen molar-refractivity contribution >= 4 is 17.8 Å². The van der Waals surface area contributed by atoms with Crippen molar-refractivity contribution < 1.29 is 19.4 Å². The molecular formula is C20H28N6O4. The molecule has 1 aliphatic heterocycles. The lowest BCUT2D eigenvalue weighted by Gasteiger charge is -2.40. The van der Waals surface area contributed by atoms with E-state index >= 15 is 0 Å². The van der Waals surface area contributed by atoms with Crippen LogP contribution in [0.2, 0.25) is 0 Å². The molecule has 2 unspecified atom stereocenters. The third-order valence-corrected chi connectivity index (χ3v) is 6.27. The van der Waals surface area contributed by atoms with E-state index in [1.807, 2.05) is 6.07 Å². The Kier molecular flexibility index (Phi) is 6.03. The minimum Gasteiger partial charge on any atom is -0.465 e. The summed E-state index contributed by atoms with van der Waals surface area (Å²) < 4.78 is 6.65. The van der Waals surface area contributed by atoms with Crippen molar-refractivity contribution in [1.29, 1.82) is 0 Å². The molecule has 10 heteroatoms. The summed E-state index contributed by atoms with van der Waals surface area (Å²) in [5.41, 5.74) is 1.48. The van der Waals surface area contributed by atoms with Crippen molar-refractivity contribution in [3.8, 4) is 0 Å². The van der Waals surface area contributed by atoms with Gasteiger partial charge in [-0.25, -0.2) is 4.79 Å². The number of carbonyl (C=O) groups excluding carboxylic acids is 1. The third kappa shape index (κ3) is 4.33. The predicted octanol–water partition coefficient (Wildman–Crippen LogP) is 2.53. The lowest BCUT2D eigenvalue weighted by atomic mass is 9.90. The third-order valence-electron chi connectivity index (χ3n) is 6.27. The molecule has 3 heterocycles. The van der Waals surface area contributed by atoms with Gasteiger partial charge in [-0.1, -0.05) is 0 Å². The fourth-order valence-electron chi connectivity index (χ4n) is 4.57. The molecule has 1 aliphatic carbocycles. The van der Waals surface area contributed by atoms with Crippen molar-refractivity contribution in [1.82, 2.24) is 24.9 Å². The van der Waals surface area contributed by atoms with E-state index < -0.39 is 6.09 Å². The minimum absolute atomic E-state index is 0.172. The predicted molar refractivity (Wildman–Crippen MR) is 108 cm³/mol. The van der Waals surface area contributed by atoms with Gasteiger partial charge in [0.1, 0.15) is 5.69 Å². The Morgan fingerprint density at radius 3 is 2.97 bits per heavy atom. The molecule has 2 aromatic heterocycles. The highest BCUT2D eigenvalue weighted by molar-refractivity contribution is 6.02. The van der Waals surface area contributed by atoms with Gasteiger partial charge in [0.05, 0.1) is 13.2 Å². The summed E-state index contributed by atoms with van der Waals surface area (Å²) in [6.07, 6.45) is 5.84. The number of hydrogen-bond acceptors (Lipinski definition) is 5. The van der Waals surface area contributed by atoms with Gasteiger partial charge in [-0.3, -0.25) is 14.6 Å². The molecule has 1 saturated carbocycles. The van der Waals surface area contributed by atoms with E-state index in [1.165, 1.54) is 0 Å². The number of ether oxygens (including phenoxy) is 1. The van der Waals surface area contributed by atoms with Crippen molar-refractivity contribution in [2.45, 2.75) is 50.6 Å². The summed E-state index contributed by atoms with van der Waals surface area (Å²) in [5.74, 6) is 1.12. The Hall–Kier alpha value is -2.88. The number of nitrogens with zero attached hydrogens (tertiary/aromatic N) is 4. The first-order chi connectivity index (χ1) is 14.5. The Balaban J connectivity index is 1.31. The van der Waals surface area contributed by atoms with Crippen molar-refractivity contribution in [2.75, 3.05) is 25.6 Å². The van der Waals surface area contributed by atoms with Crippen molar-refractivity contribution in [3.05, 3.63) is 29.7 Å². The van der Waals surface area contributed by atoms with Crippen LogP contribution in [0.5, 0.6) is 0 Å². The molecule has 162 valence electrons. The largest absolute Gasteiger partial charge is 0.465 e. The van der Waals surface area contributed by atoms with Crippen LogP contribution in [0.3, 0.4) is 0 Å². The van der Waals surface area contributed by atoms with Crippen LogP contribution in [0.25, 0.3) is 0 Å². The van der Waals surface area contributed by atoms with E-state index in [9.17, 15) is 14.7 Å². The SMILES string of the molecule is COCCn1nccc1C(=O)Nc1cc(C2CCC(C[C@H]3CCN3C(=O)O)C2)[nH]n1. The number of anilines is 1. The normalized spacial score (nSPS) is 23.4. The number of amides is 2. The highest BCUT2D eigenvalue weighted by Crippen LogP contribution is 2.41. The van der Waals surface area contributed by atoms with Gasteiger partial charge in [0.25, 0.3) is 5.91 Å². The van der Waals surface area contributed by atoms with Crippen LogP contribution in [0.15, 0.2) is 18.3 Å². The zero-order valence-corrected chi connectivity index (χ0v) is 17.1. The standard InChI is InChI=1S/C20H28N6O4/c1-30-9-8-26-17(4-6-21-26)19(27)22-18-12-16(23-24-18)14-3-2-13(10-14)11-15-5-7-25(15)20(28)29/h4,6,12-15H,2-3,5,7-11H2,1H3,(H,28,29)(H2,22,23,24,27)/t13?,14?,15-/m1/s1. The Bertz CT molecular complexity index is 893. The van der Waals surface area contributed by atoms with Crippen LogP contribution >= 0.6 is 0 Å². The number of carboxylic acid groups (broad SMARTS) is 1. The van der Waals surface area contributed by atoms with Gasteiger partial charge >= 0.3 is 6.09 Å². The number of aromatic nitrogens is 4. The molecule has 30 heavy (non-hydrogen) atoms. The second-order valence-corrected chi connectivity index (χ2v) is 8.13. The number of likely N-dealkylation sites (tertiary alicyclic amines) is 1. The Morgan fingerprint density at radius 2 is 2.23 bits per heavy atom. The molecule has 1 saturated heterocycles. The van der Waals surface area contributed by atoms with Gasteiger partial charge in [-0.2, -0.15) is 10.2 Å². The van der Waals surface area contributed by atoms with Gasteiger partial charge in [0, 0.05) is 43.6 Å². The molecule has 10 nitrogen and oxygen atoms in total.